The molecule has 7 heteroatoms. The Morgan fingerprint density at radius 3 is 2.46 bits per heavy atom. The van der Waals surface area contributed by atoms with Crippen LogP contribution in [-0.2, 0) is 16.1 Å². The lowest BCUT2D eigenvalue weighted by Crippen LogP contribution is -2.72. The predicted octanol–water partition coefficient (Wildman–Crippen LogP) is 3.22. The molecule has 0 radical (unpaired) electrons. The number of piperidine rings is 1. The number of aryl methyl sites for hydroxylation is 1. The summed E-state index contributed by atoms with van der Waals surface area (Å²) in [7, 11) is 0. The molecule has 186 valence electrons. The van der Waals surface area contributed by atoms with Crippen LogP contribution in [0, 0.1) is 31.6 Å². The Kier molecular flexibility index (Phi) is 7.32. The number of nitrogens with one attached hydrogen (secondary N) is 1. The van der Waals surface area contributed by atoms with Crippen molar-refractivity contribution in [1.29, 1.82) is 0 Å². The van der Waals surface area contributed by atoms with E-state index in [1.807, 2.05) is 22.9 Å². The molecule has 3 heterocycles. The van der Waals surface area contributed by atoms with Gasteiger partial charge in [-0.2, -0.15) is 5.10 Å². The van der Waals surface area contributed by atoms with Crippen LogP contribution >= 0.6 is 0 Å². The van der Waals surface area contributed by atoms with Gasteiger partial charge in [-0.3, -0.25) is 14.5 Å². The fraction of sp³-hybridized carbons (Fsp3) is 0.536. The van der Waals surface area contributed by atoms with E-state index in [2.05, 4.69) is 61.9 Å². The highest BCUT2D eigenvalue weighted by atomic mass is 16.2. The lowest BCUT2D eigenvalue weighted by atomic mass is 9.81. The molecule has 35 heavy (non-hydrogen) atoms. The second-order valence-corrected chi connectivity index (χ2v) is 10.2. The summed E-state index contributed by atoms with van der Waals surface area (Å²) >= 11 is 0. The number of para-hydroxylation sites is 1. The fourth-order valence-corrected chi connectivity index (χ4v) is 5.42. The average molecular weight is 476 g/mol. The molecule has 1 aromatic carbocycles. The molecule has 0 aliphatic carbocycles. The number of carbonyl (C=O) groups excluding carboxylic acids is 2. The number of likely N-dealkylation sites (tertiary alicyclic amines) is 1. The molecule has 2 saturated heterocycles. The smallest absolute Gasteiger partial charge is 0.246 e. The van der Waals surface area contributed by atoms with Crippen LogP contribution in [0.2, 0.25) is 0 Å². The zero-order chi connectivity index (χ0) is 25.2. The van der Waals surface area contributed by atoms with Gasteiger partial charge in [-0.05, 0) is 58.1 Å². The lowest BCUT2D eigenvalue weighted by molar-refractivity contribution is -0.160. The van der Waals surface area contributed by atoms with Crippen LogP contribution in [0.15, 0.2) is 30.3 Å². The second kappa shape index (κ2) is 10.2. The first-order chi connectivity index (χ1) is 16.8. The van der Waals surface area contributed by atoms with Gasteiger partial charge in [0.15, 0.2) is 0 Å². The minimum absolute atomic E-state index is 0.00493. The number of hydrogen-bond acceptors (Lipinski definition) is 4. The van der Waals surface area contributed by atoms with Gasteiger partial charge in [-0.1, -0.05) is 38.0 Å². The van der Waals surface area contributed by atoms with E-state index in [9.17, 15) is 9.59 Å². The standard InChI is InChI=1S/C28H37N5O2/c1-6-7-15-32-26(34)25(18-20(2)3)29-27(35)28(32)13-16-31(17-14-28)19-24-21(4)30-33(22(24)5)23-11-9-8-10-12-23/h8-12,20,25H,13-19H2,1-5H3,(H,29,35)/t25-/m0/s1. The third-order valence-corrected chi connectivity index (χ3v) is 7.44. The third kappa shape index (κ3) is 4.85. The van der Waals surface area contributed by atoms with E-state index in [1.165, 1.54) is 5.56 Å². The summed E-state index contributed by atoms with van der Waals surface area (Å²) in [5.74, 6) is 6.25. The molecule has 2 aromatic rings. The number of benzene rings is 1. The molecule has 2 aliphatic heterocycles. The van der Waals surface area contributed by atoms with Gasteiger partial charge in [0, 0.05) is 30.9 Å². The normalized spacial score (nSPS) is 20.2. The SMILES string of the molecule is CC#CCN1C(=O)[C@H](CC(C)C)NC(=O)C12CCN(Cc1c(C)nn(-c3ccccc3)c1C)CC2. The van der Waals surface area contributed by atoms with Gasteiger partial charge >= 0.3 is 0 Å². The topological polar surface area (TPSA) is 70.5 Å². The van der Waals surface area contributed by atoms with E-state index < -0.39 is 11.6 Å². The molecule has 0 saturated carbocycles. The summed E-state index contributed by atoms with van der Waals surface area (Å²) in [4.78, 5) is 31.0. The van der Waals surface area contributed by atoms with Crippen molar-refractivity contribution in [2.75, 3.05) is 19.6 Å². The molecule has 1 spiro atoms. The molecular weight excluding hydrogens is 438 g/mol. The summed E-state index contributed by atoms with van der Waals surface area (Å²) in [6, 6.07) is 9.71. The van der Waals surface area contributed by atoms with Crippen LogP contribution in [0.5, 0.6) is 0 Å². The average Bonchev–Trinajstić information content (AvgIpc) is 3.12. The molecular formula is C28H37N5O2. The summed E-state index contributed by atoms with van der Waals surface area (Å²) in [5.41, 5.74) is 3.62. The minimum Gasteiger partial charge on any atom is -0.342 e. The number of carbonyl (C=O) groups is 2. The Hall–Kier alpha value is -3.11. The number of nitrogens with zero attached hydrogens (tertiary/aromatic N) is 4. The van der Waals surface area contributed by atoms with Gasteiger partial charge in [-0.15, -0.1) is 5.92 Å². The molecule has 0 unspecified atom stereocenters. The molecule has 1 aromatic heterocycles. The van der Waals surface area contributed by atoms with Gasteiger partial charge in [0.05, 0.1) is 17.9 Å². The zero-order valence-electron chi connectivity index (χ0n) is 21.6. The molecule has 2 aliphatic rings. The van der Waals surface area contributed by atoms with Gasteiger partial charge < -0.3 is 10.2 Å². The molecule has 1 atom stereocenters. The highest BCUT2D eigenvalue weighted by Gasteiger charge is 2.53. The third-order valence-electron chi connectivity index (χ3n) is 7.44. The van der Waals surface area contributed by atoms with Crippen LogP contribution in [0.3, 0.4) is 0 Å². The summed E-state index contributed by atoms with van der Waals surface area (Å²) in [6.45, 7) is 12.6. The van der Waals surface area contributed by atoms with Crippen LogP contribution in [0.4, 0.5) is 0 Å². The Bertz CT molecular complexity index is 1130. The van der Waals surface area contributed by atoms with E-state index in [-0.39, 0.29) is 11.8 Å². The van der Waals surface area contributed by atoms with E-state index in [0.717, 1.165) is 36.7 Å². The van der Waals surface area contributed by atoms with Crippen LogP contribution < -0.4 is 5.32 Å². The van der Waals surface area contributed by atoms with Crippen molar-refractivity contribution in [3.05, 3.63) is 47.3 Å². The van der Waals surface area contributed by atoms with Crippen molar-refractivity contribution in [3.63, 3.8) is 0 Å². The lowest BCUT2D eigenvalue weighted by Gasteiger charge is -2.51. The Labute approximate surface area is 208 Å². The van der Waals surface area contributed by atoms with Crippen molar-refractivity contribution >= 4 is 11.8 Å². The number of piperazine rings is 1. The quantitative estimate of drug-likeness (QED) is 0.652. The van der Waals surface area contributed by atoms with Gasteiger partial charge in [-0.25, -0.2) is 4.68 Å². The largest absolute Gasteiger partial charge is 0.342 e. The molecule has 4 rings (SSSR count). The highest BCUT2D eigenvalue weighted by Crippen LogP contribution is 2.34. The Morgan fingerprint density at radius 2 is 1.83 bits per heavy atom. The van der Waals surface area contributed by atoms with Gasteiger partial charge in [0.2, 0.25) is 11.8 Å². The summed E-state index contributed by atoms with van der Waals surface area (Å²) in [6.07, 6.45) is 1.86. The van der Waals surface area contributed by atoms with Crippen molar-refractivity contribution in [1.82, 2.24) is 24.9 Å². The number of hydrogen-bond donors (Lipinski definition) is 1. The van der Waals surface area contributed by atoms with Crippen molar-refractivity contribution in [2.24, 2.45) is 5.92 Å². The molecule has 7 nitrogen and oxygen atoms in total. The molecule has 2 fully saturated rings. The summed E-state index contributed by atoms with van der Waals surface area (Å²) in [5, 5.41) is 7.85. The maximum absolute atomic E-state index is 13.4. The van der Waals surface area contributed by atoms with E-state index in [1.54, 1.807) is 11.8 Å². The Balaban J connectivity index is 1.51. The first-order valence-electron chi connectivity index (χ1n) is 12.6. The minimum atomic E-state index is -0.816. The maximum atomic E-state index is 13.4. The summed E-state index contributed by atoms with van der Waals surface area (Å²) < 4.78 is 2.00. The van der Waals surface area contributed by atoms with Crippen LogP contribution in [0.1, 0.15) is 57.0 Å². The first-order valence-corrected chi connectivity index (χ1v) is 12.6. The van der Waals surface area contributed by atoms with E-state index >= 15 is 0 Å². The number of rotatable bonds is 6. The van der Waals surface area contributed by atoms with Crippen LogP contribution in [-0.4, -0.2) is 62.6 Å². The molecule has 1 N–H and O–H groups in total. The number of aromatic nitrogens is 2. The fourth-order valence-electron chi connectivity index (χ4n) is 5.42. The van der Waals surface area contributed by atoms with Crippen molar-refractivity contribution < 1.29 is 9.59 Å². The van der Waals surface area contributed by atoms with Crippen molar-refractivity contribution in [2.45, 2.75) is 72.0 Å². The second-order valence-electron chi connectivity index (χ2n) is 10.2. The first kappa shape index (κ1) is 25.0. The Morgan fingerprint density at radius 1 is 1.14 bits per heavy atom. The van der Waals surface area contributed by atoms with Gasteiger partial charge in [0.1, 0.15) is 11.6 Å². The number of amides is 2. The predicted molar refractivity (Wildman–Crippen MR) is 137 cm³/mol. The molecule has 0 bridgehead atoms. The van der Waals surface area contributed by atoms with E-state index in [0.29, 0.717) is 31.7 Å². The van der Waals surface area contributed by atoms with Gasteiger partial charge in [0.25, 0.3) is 0 Å². The van der Waals surface area contributed by atoms with Crippen LogP contribution in [0.25, 0.3) is 5.69 Å². The van der Waals surface area contributed by atoms with Crippen molar-refractivity contribution in [3.8, 4) is 17.5 Å². The maximum Gasteiger partial charge on any atom is 0.246 e. The highest BCUT2D eigenvalue weighted by molar-refractivity contribution is 6.00. The van der Waals surface area contributed by atoms with E-state index in [4.69, 9.17) is 5.10 Å². The molecule has 2 amide bonds. The zero-order valence-corrected chi connectivity index (χ0v) is 21.6. The monoisotopic (exact) mass is 475 g/mol.